The number of aliphatic imine (C=N–C) groups is 1. The number of aromatic nitrogens is 4. The van der Waals surface area contributed by atoms with Crippen molar-refractivity contribution in [3.63, 3.8) is 0 Å². The van der Waals surface area contributed by atoms with Crippen molar-refractivity contribution in [2.24, 2.45) is 4.99 Å². The molecule has 130 valence electrons. The fourth-order valence-corrected chi connectivity index (χ4v) is 3.04. The van der Waals surface area contributed by atoms with Gasteiger partial charge in [0.05, 0.1) is 19.0 Å². The summed E-state index contributed by atoms with van der Waals surface area (Å²) >= 11 is 3.29. The van der Waals surface area contributed by atoms with Crippen LogP contribution < -0.4 is 5.56 Å². The van der Waals surface area contributed by atoms with E-state index in [1.54, 1.807) is 23.6 Å². The zero-order chi connectivity index (χ0) is 17.4. The van der Waals surface area contributed by atoms with Crippen molar-refractivity contribution in [3.05, 3.63) is 15.1 Å². The van der Waals surface area contributed by atoms with E-state index in [9.17, 15) is 15.0 Å². The summed E-state index contributed by atoms with van der Waals surface area (Å²) in [4.78, 5) is 29.0. The van der Waals surface area contributed by atoms with E-state index in [-0.39, 0.29) is 30.1 Å². The lowest BCUT2D eigenvalue weighted by atomic mass is 10.2. The lowest BCUT2D eigenvalue weighted by Crippen LogP contribution is -2.24. The van der Waals surface area contributed by atoms with Gasteiger partial charge >= 0.3 is 0 Å². The van der Waals surface area contributed by atoms with Crippen LogP contribution in [0.4, 0.5) is 5.95 Å². The van der Waals surface area contributed by atoms with Gasteiger partial charge in [-0.05, 0) is 15.9 Å². The Kier molecular flexibility index (Phi) is 4.67. The zero-order valence-corrected chi connectivity index (χ0v) is 14.6. The molecule has 24 heavy (non-hydrogen) atoms. The van der Waals surface area contributed by atoms with Crippen LogP contribution in [0.3, 0.4) is 0 Å². The summed E-state index contributed by atoms with van der Waals surface area (Å²) in [6.07, 6.45) is -0.334. The first-order valence-electron chi connectivity index (χ1n) is 7.23. The number of H-pyrrole nitrogens is 1. The molecule has 0 spiro atoms. The Morgan fingerprint density at radius 2 is 2.29 bits per heavy atom. The van der Waals surface area contributed by atoms with Crippen LogP contribution in [0.25, 0.3) is 11.2 Å². The van der Waals surface area contributed by atoms with Crippen LogP contribution in [0.5, 0.6) is 0 Å². The number of hydrogen-bond acceptors (Lipinski definition) is 7. The van der Waals surface area contributed by atoms with Gasteiger partial charge in [-0.2, -0.15) is 4.98 Å². The second-order valence-electron chi connectivity index (χ2n) is 5.64. The van der Waals surface area contributed by atoms with E-state index in [0.717, 1.165) is 0 Å². The lowest BCUT2D eigenvalue weighted by molar-refractivity contribution is -0.0439. The number of aliphatic hydroxyl groups excluding tert-OH is 2. The number of hydrogen-bond donors (Lipinski definition) is 3. The van der Waals surface area contributed by atoms with Gasteiger partial charge < -0.3 is 19.8 Å². The normalized spacial score (nSPS) is 24.3. The maximum atomic E-state index is 12.2. The van der Waals surface area contributed by atoms with Crippen LogP contribution in [-0.4, -0.2) is 73.9 Å². The van der Waals surface area contributed by atoms with E-state index in [1.807, 2.05) is 0 Å². The molecule has 1 fully saturated rings. The Balaban J connectivity index is 2.08. The monoisotopic (exact) mass is 400 g/mol. The summed E-state index contributed by atoms with van der Waals surface area (Å²) in [5.41, 5.74) is -0.00820. The zero-order valence-electron chi connectivity index (χ0n) is 13.0. The van der Waals surface area contributed by atoms with Gasteiger partial charge in [-0.15, -0.1) is 0 Å². The van der Waals surface area contributed by atoms with Gasteiger partial charge in [-0.1, -0.05) is 0 Å². The number of aliphatic hydroxyl groups is 2. The summed E-state index contributed by atoms with van der Waals surface area (Å²) < 4.78 is 7.54. The summed E-state index contributed by atoms with van der Waals surface area (Å²) in [7, 11) is 3.59. The average molecular weight is 401 g/mol. The molecule has 0 amide bonds. The Morgan fingerprint density at radius 3 is 2.92 bits per heavy atom. The summed E-state index contributed by atoms with van der Waals surface area (Å²) in [5.74, 6) is 0.132. The van der Waals surface area contributed by atoms with E-state index in [0.29, 0.717) is 4.73 Å². The Morgan fingerprint density at radius 1 is 1.54 bits per heavy atom. The SMILES string of the molecule is CN(C)/C=N/c1nc2c(nc(Br)n2[C@H]2C[C@H](O)[C@@H](CO)O2)c(=O)[nH]1. The fraction of sp³-hybridized carbons (Fsp3) is 0.538. The minimum absolute atomic E-state index is 0.132. The predicted molar refractivity (Wildman–Crippen MR) is 89.3 cm³/mol. The van der Waals surface area contributed by atoms with Crippen LogP contribution >= 0.6 is 15.9 Å². The van der Waals surface area contributed by atoms with Crippen LogP contribution in [-0.2, 0) is 4.74 Å². The van der Waals surface area contributed by atoms with E-state index in [1.165, 1.54) is 6.34 Å². The van der Waals surface area contributed by atoms with Crippen molar-refractivity contribution in [1.29, 1.82) is 0 Å². The number of imidazole rings is 1. The molecule has 1 saturated heterocycles. The Hall–Kier alpha value is -1.82. The molecule has 0 saturated carbocycles. The maximum Gasteiger partial charge on any atom is 0.280 e. The number of halogens is 1. The Bertz CT molecular complexity index is 832. The highest BCUT2D eigenvalue weighted by atomic mass is 79.9. The van der Waals surface area contributed by atoms with Gasteiger partial charge in [-0.3, -0.25) is 14.3 Å². The van der Waals surface area contributed by atoms with Crippen LogP contribution in [0, 0.1) is 0 Å². The van der Waals surface area contributed by atoms with Crippen LogP contribution in [0.2, 0.25) is 0 Å². The molecule has 3 N–H and O–H groups in total. The quantitative estimate of drug-likeness (QED) is 0.366. The largest absolute Gasteiger partial charge is 0.394 e. The van der Waals surface area contributed by atoms with Crippen molar-refractivity contribution in [2.45, 2.75) is 24.9 Å². The molecule has 0 radical (unpaired) electrons. The molecule has 0 unspecified atom stereocenters. The van der Waals surface area contributed by atoms with Crippen molar-refractivity contribution >= 4 is 39.4 Å². The molecule has 0 bridgehead atoms. The number of nitrogens with zero attached hydrogens (tertiary/aromatic N) is 5. The number of nitrogens with one attached hydrogen (secondary N) is 1. The molecule has 1 aliphatic heterocycles. The molecule has 2 aromatic rings. The molecule has 0 aromatic carbocycles. The van der Waals surface area contributed by atoms with Gasteiger partial charge in [0.15, 0.2) is 15.9 Å². The third-order valence-corrected chi connectivity index (χ3v) is 4.14. The third-order valence-electron chi connectivity index (χ3n) is 3.58. The van der Waals surface area contributed by atoms with E-state index < -0.39 is 24.0 Å². The topological polar surface area (TPSA) is 129 Å². The predicted octanol–water partition coefficient (Wildman–Crippen LogP) is -0.256. The average Bonchev–Trinajstić information content (AvgIpc) is 3.04. The molecule has 3 atom stereocenters. The van der Waals surface area contributed by atoms with Crippen LogP contribution in [0.15, 0.2) is 14.5 Å². The summed E-state index contributed by atoms with van der Waals surface area (Å²) in [6.45, 7) is -0.297. The van der Waals surface area contributed by atoms with Crippen molar-refractivity contribution < 1.29 is 14.9 Å². The minimum atomic E-state index is -0.808. The van der Waals surface area contributed by atoms with Gasteiger partial charge in [0.2, 0.25) is 5.95 Å². The molecule has 11 heteroatoms. The van der Waals surface area contributed by atoms with E-state index in [4.69, 9.17) is 4.74 Å². The smallest absolute Gasteiger partial charge is 0.280 e. The maximum absolute atomic E-state index is 12.2. The number of ether oxygens (including phenoxy) is 1. The van der Waals surface area contributed by atoms with Gasteiger partial charge in [0, 0.05) is 20.5 Å². The molecular formula is C13H17BrN6O4. The molecule has 0 aliphatic carbocycles. The standard InChI is InChI=1S/C13H17BrN6O4/c1-19(2)5-15-13-17-10-9(11(23)18-13)16-12(14)20(10)8-3-6(22)7(4-21)24-8/h5-8,21-22H,3-4H2,1-2H3,(H,17,18,23)/b15-5+/t6-,7+,8+/m0/s1. The molecule has 3 rings (SSSR count). The number of fused-ring (bicyclic) bond motifs is 1. The first-order chi connectivity index (χ1) is 11.4. The summed E-state index contributed by atoms with van der Waals surface area (Å²) in [5, 5.41) is 19.2. The van der Waals surface area contributed by atoms with Crippen molar-refractivity contribution in [2.75, 3.05) is 20.7 Å². The molecule has 2 aromatic heterocycles. The summed E-state index contributed by atoms with van der Waals surface area (Å²) in [6, 6.07) is 0. The van der Waals surface area contributed by atoms with E-state index in [2.05, 4.69) is 35.9 Å². The second-order valence-corrected chi connectivity index (χ2v) is 6.34. The van der Waals surface area contributed by atoms with Crippen molar-refractivity contribution in [3.8, 4) is 0 Å². The third kappa shape index (κ3) is 3.07. The lowest BCUT2D eigenvalue weighted by Gasteiger charge is -2.14. The van der Waals surface area contributed by atoms with Gasteiger partial charge in [0.25, 0.3) is 5.56 Å². The highest BCUT2D eigenvalue weighted by Gasteiger charge is 2.36. The van der Waals surface area contributed by atoms with Gasteiger partial charge in [0.1, 0.15) is 12.3 Å². The molecule has 10 nitrogen and oxygen atoms in total. The first kappa shape index (κ1) is 17.0. The second kappa shape index (κ2) is 6.59. The highest BCUT2D eigenvalue weighted by molar-refractivity contribution is 9.10. The number of rotatable bonds is 4. The van der Waals surface area contributed by atoms with Gasteiger partial charge in [-0.25, -0.2) is 9.98 Å². The van der Waals surface area contributed by atoms with Crippen LogP contribution in [0.1, 0.15) is 12.6 Å². The fourth-order valence-electron chi connectivity index (χ4n) is 2.47. The molecular weight excluding hydrogens is 384 g/mol. The first-order valence-corrected chi connectivity index (χ1v) is 8.02. The minimum Gasteiger partial charge on any atom is -0.394 e. The highest BCUT2D eigenvalue weighted by Crippen LogP contribution is 2.33. The van der Waals surface area contributed by atoms with E-state index >= 15 is 0 Å². The Labute approximate surface area is 144 Å². The number of aromatic amines is 1. The van der Waals surface area contributed by atoms with Crippen molar-refractivity contribution in [1.82, 2.24) is 24.4 Å². The molecule has 1 aliphatic rings. The molecule has 3 heterocycles.